The van der Waals surface area contributed by atoms with E-state index < -0.39 is 10.0 Å². The van der Waals surface area contributed by atoms with Crippen molar-refractivity contribution in [3.8, 4) is 0 Å². The molecule has 4 rings (SSSR count). The minimum Gasteiger partial charge on any atom is -0.313 e. The van der Waals surface area contributed by atoms with Gasteiger partial charge in [0.2, 0.25) is 10.0 Å². The molecule has 2 atom stereocenters. The highest BCUT2D eigenvalue weighted by Crippen LogP contribution is 2.40. The molecule has 1 aliphatic carbocycles. The summed E-state index contributed by atoms with van der Waals surface area (Å²) in [7, 11) is -3.34. The van der Waals surface area contributed by atoms with Crippen molar-refractivity contribution in [3.05, 3.63) is 66.2 Å². The predicted octanol–water partition coefficient (Wildman–Crippen LogP) is 3.23. The Morgan fingerprint density at radius 2 is 1.54 bits per heavy atom. The fraction of sp³-hybridized carbons (Fsp3) is 0.429. The zero-order valence-corrected chi connectivity index (χ0v) is 15.7. The first-order valence-corrected chi connectivity index (χ1v) is 10.9. The second-order valence-electron chi connectivity index (χ2n) is 7.43. The summed E-state index contributed by atoms with van der Waals surface area (Å²) < 4.78 is 27.0. The third-order valence-corrected chi connectivity index (χ3v) is 7.55. The quantitative estimate of drug-likeness (QED) is 0.849. The van der Waals surface area contributed by atoms with Crippen LogP contribution in [-0.2, 0) is 10.0 Å². The van der Waals surface area contributed by atoms with Gasteiger partial charge in [-0.3, -0.25) is 0 Å². The van der Waals surface area contributed by atoms with E-state index in [1.165, 1.54) is 12.0 Å². The summed E-state index contributed by atoms with van der Waals surface area (Å²) in [4.78, 5) is 0.403. The molecule has 2 aliphatic rings. The van der Waals surface area contributed by atoms with Gasteiger partial charge in [-0.15, -0.1) is 0 Å². The van der Waals surface area contributed by atoms with Gasteiger partial charge in [-0.2, -0.15) is 4.31 Å². The van der Waals surface area contributed by atoms with E-state index in [4.69, 9.17) is 0 Å². The largest absolute Gasteiger partial charge is 0.313 e. The van der Waals surface area contributed by atoms with Crippen molar-refractivity contribution in [3.63, 3.8) is 0 Å². The first kappa shape index (κ1) is 17.7. The van der Waals surface area contributed by atoms with Crippen molar-refractivity contribution in [2.24, 2.45) is 5.92 Å². The average molecular weight is 371 g/mol. The first-order valence-electron chi connectivity index (χ1n) is 9.48. The van der Waals surface area contributed by atoms with Crippen LogP contribution >= 0.6 is 0 Å². The van der Waals surface area contributed by atoms with Crippen LogP contribution in [-0.4, -0.2) is 38.4 Å². The zero-order valence-electron chi connectivity index (χ0n) is 14.9. The van der Waals surface area contributed by atoms with Gasteiger partial charge in [-0.05, 0) is 49.4 Å². The summed E-state index contributed by atoms with van der Waals surface area (Å²) in [6, 6.07) is 20.0. The molecule has 1 saturated heterocycles. The Hall–Kier alpha value is -1.69. The zero-order chi connectivity index (χ0) is 18.0. The molecule has 1 aliphatic heterocycles. The molecule has 0 radical (unpaired) electrons. The topological polar surface area (TPSA) is 49.4 Å². The molecule has 4 nitrogen and oxygen atoms in total. The molecule has 0 amide bonds. The summed E-state index contributed by atoms with van der Waals surface area (Å²) >= 11 is 0. The molecular weight excluding hydrogens is 344 g/mol. The number of nitrogens with one attached hydrogen (secondary N) is 1. The average Bonchev–Trinajstić information content (AvgIpc) is 3.48. The van der Waals surface area contributed by atoms with E-state index in [1.807, 2.05) is 6.07 Å². The monoisotopic (exact) mass is 370 g/mol. The van der Waals surface area contributed by atoms with E-state index >= 15 is 0 Å². The first-order chi connectivity index (χ1) is 12.6. The van der Waals surface area contributed by atoms with Crippen LogP contribution in [0.25, 0.3) is 0 Å². The summed E-state index contributed by atoms with van der Waals surface area (Å²) in [5.41, 5.74) is 1.42. The minimum absolute atomic E-state index is 0.403. The Labute approximate surface area is 156 Å². The van der Waals surface area contributed by atoms with Crippen molar-refractivity contribution in [1.29, 1.82) is 0 Å². The molecule has 1 heterocycles. The third kappa shape index (κ3) is 3.85. The highest BCUT2D eigenvalue weighted by atomic mass is 32.2. The Morgan fingerprint density at radius 3 is 2.19 bits per heavy atom. The lowest BCUT2D eigenvalue weighted by atomic mass is 9.98. The maximum atomic E-state index is 12.7. The van der Waals surface area contributed by atoms with Gasteiger partial charge in [0.05, 0.1) is 4.90 Å². The lowest BCUT2D eigenvalue weighted by Gasteiger charge is -2.31. The standard InChI is InChI=1S/C21H26N2O2S/c24-26(25,19-9-5-2-6-10-19)23-13-11-17(12-14-23)16-22-21-15-20(21)18-7-3-1-4-8-18/h1-10,17,20-22H,11-16H2/t20-,21+/m0/s1. The van der Waals surface area contributed by atoms with Gasteiger partial charge < -0.3 is 5.32 Å². The molecule has 2 aromatic carbocycles. The molecule has 1 saturated carbocycles. The molecular formula is C21H26N2O2S. The predicted molar refractivity (Wildman–Crippen MR) is 104 cm³/mol. The van der Waals surface area contributed by atoms with Crippen LogP contribution in [0.15, 0.2) is 65.6 Å². The molecule has 0 spiro atoms. The van der Waals surface area contributed by atoms with E-state index in [2.05, 4.69) is 35.6 Å². The fourth-order valence-corrected chi connectivity index (χ4v) is 5.39. The van der Waals surface area contributed by atoms with Crippen molar-refractivity contribution >= 4 is 10.0 Å². The highest BCUT2D eigenvalue weighted by Gasteiger charge is 2.38. The summed E-state index contributed by atoms with van der Waals surface area (Å²) in [6.45, 7) is 2.24. The number of rotatable bonds is 6. The molecule has 0 bridgehead atoms. The fourth-order valence-electron chi connectivity index (χ4n) is 3.90. The van der Waals surface area contributed by atoms with E-state index in [0.717, 1.165) is 19.4 Å². The van der Waals surface area contributed by atoms with E-state index in [1.54, 1.807) is 28.6 Å². The van der Waals surface area contributed by atoms with Crippen LogP contribution in [0.2, 0.25) is 0 Å². The Balaban J connectivity index is 1.25. The number of sulfonamides is 1. The Kier molecular flexibility index (Phi) is 5.11. The molecule has 5 heteroatoms. The summed E-state index contributed by atoms with van der Waals surface area (Å²) in [5.74, 6) is 1.21. The van der Waals surface area contributed by atoms with Gasteiger partial charge in [0.1, 0.15) is 0 Å². The highest BCUT2D eigenvalue weighted by molar-refractivity contribution is 7.89. The molecule has 0 unspecified atom stereocenters. The Bertz CT molecular complexity index is 816. The van der Waals surface area contributed by atoms with Gasteiger partial charge >= 0.3 is 0 Å². The van der Waals surface area contributed by atoms with Crippen LogP contribution in [0.3, 0.4) is 0 Å². The van der Waals surface area contributed by atoms with E-state index in [-0.39, 0.29) is 0 Å². The lowest BCUT2D eigenvalue weighted by molar-refractivity contribution is 0.266. The minimum atomic E-state index is -3.34. The van der Waals surface area contributed by atoms with Gasteiger partial charge in [-0.25, -0.2) is 8.42 Å². The van der Waals surface area contributed by atoms with Crippen LogP contribution < -0.4 is 5.32 Å². The van der Waals surface area contributed by atoms with Gasteiger partial charge in [0, 0.05) is 25.0 Å². The molecule has 2 fully saturated rings. The summed E-state index contributed by atoms with van der Waals surface area (Å²) in [6.07, 6.45) is 3.08. The van der Waals surface area contributed by atoms with Crippen molar-refractivity contribution in [2.75, 3.05) is 19.6 Å². The number of nitrogens with zero attached hydrogens (tertiary/aromatic N) is 1. The van der Waals surface area contributed by atoms with Gasteiger partial charge in [0.25, 0.3) is 0 Å². The normalized spacial score (nSPS) is 24.5. The van der Waals surface area contributed by atoms with Crippen molar-refractivity contribution in [1.82, 2.24) is 9.62 Å². The lowest BCUT2D eigenvalue weighted by Crippen LogP contribution is -2.41. The van der Waals surface area contributed by atoms with E-state index in [0.29, 0.717) is 35.9 Å². The second kappa shape index (κ2) is 7.51. The maximum Gasteiger partial charge on any atom is 0.243 e. The molecule has 26 heavy (non-hydrogen) atoms. The maximum absolute atomic E-state index is 12.7. The van der Waals surface area contributed by atoms with Crippen LogP contribution in [0, 0.1) is 5.92 Å². The van der Waals surface area contributed by atoms with E-state index in [9.17, 15) is 8.42 Å². The van der Waals surface area contributed by atoms with Crippen LogP contribution in [0.5, 0.6) is 0 Å². The van der Waals surface area contributed by atoms with Crippen LogP contribution in [0.4, 0.5) is 0 Å². The number of benzene rings is 2. The molecule has 0 aromatic heterocycles. The Morgan fingerprint density at radius 1 is 0.923 bits per heavy atom. The van der Waals surface area contributed by atoms with Crippen molar-refractivity contribution < 1.29 is 8.42 Å². The SMILES string of the molecule is O=S(=O)(c1ccccc1)N1CCC(CN[C@@H]2C[C@H]2c2ccccc2)CC1. The summed E-state index contributed by atoms with van der Waals surface area (Å²) in [5, 5.41) is 3.69. The number of piperidine rings is 1. The molecule has 1 N–H and O–H groups in total. The number of hydrogen-bond acceptors (Lipinski definition) is 3. The molecule has 138 valence electrons. The molecule has 2 aromatic rings. The van der Waals surface area contributed by atoms with Gasteiger partial charge in [0.15, 0.2) is 0 Å². The number of hydrogen-bond donors (Lipinski definition) is 1. The van der Waals surface area contributed by atoms with Crippen molar-refractivity contribution in [2.45, 2.75) is 36.1 Å². The third-order valence-electron chi connectivity index (χ3n) is 5.64. The smallest absolute Gasteiger partial charge is 0.243 e. The van der Waals surface area contributed by atoms with Gasteiger partial charge in [-0.1, -0.05) is 48.5 Å². The second-order valence-corrected chi connectivity index (χ2v) is 9.37. The van der Waals surface area contributed by atoms with Crippen LogP contribution in [0.1, 0.15) is 30.7 Å².